The van der Waals surface area contributed by atoms with E-state index in [0.29, 0.717) is 30.1 Å². The molecule has 2 saturated heterocycles. The molecule has 2 fully saturated rings. The van der Waals surface area contributed by atoms with Crippen molar-refractivity contribution in [1.82, 2.24) is 20.2 Å². The third-order valence-electron chi connectivity index (χ3n) is 6.38. The van der Waals surface area contributed by atoms with Gasteiger partial charge in [-0.25, -0.2) is 9.97 Å². The highest BCUT2D eigenvalue weighted by Crippen LogP contribution is 2.32. The van der Waals surface area contributed by atoms with E-state index in [4.69, 9.17) is 4.98 Å². The summed E-state index contributed by atoms with van der Waals surface area (Å²) in [5, 5.41) is 2.93. The van der Waals surface area contributed by atoms with Crippen LogP contribution in [-0.2, 0) is 6.42 Å². The Hall–Kier alpha value is -2.47. The first-order valence-electron chi connectivity index (χ1n) is 10.5. The normalized spacial score (nSPS) is 23.1. The minimum atomic E-state index is -0.0798. The summed E-state index contributed by atoms with van der Waals surface area (Å²) in [6.07, 6.45) is 4.76. The molecule has 3 aliphatic heterocycles. The molecule has 0 saturated carbocycles. The van der Waals surface area contributed by atoms with Crippen molar-refractivity contribution in [2.45, 2.75) is 44.7 Å². The fraction of sp³-hybridized carbons (Fsp3) is 0.500. The number of benzene rings is 1. The van der Waals surface area contributed by atoms with Gasteiger partial charge < -0.3 is 10.2 Å². The smallest absolute Gasteiger partial charge is 0.270 e. The number of hydrogen-bond acceptors (Lipinski definition) is 5. The van der Waals surface area contributed by atoms with Gasteiger partial charge in [-0.1, -0.05) is 36.8 Å². The maximum absolute atomic E-state index is 12.5. The van der Waals surface area contributed by atoms with Gasteiger partial charge in [0.1, 0.15) is 11.5 Å². The standard InChI is InChI=1S/C22H27N5O/c1-15-7-5-6-12-27(15)17-13-26(14-17)21-18-10-11-23-22(28)19(18)24-20(25-21)16-8-3-2-4-9-16/h2-4,8-9,15,17H,5-7,10-14H2,1H3,(H,23,28). The van der Waals surface area contributed by atoms with E-state index in [-0.39, 0.29) is 5.91 Å². The van der Waals surface area contributed by atoms with E-state index in [1.54, 1.807) is 0 Å². The van der Waals surface area contributed by atoms with Crippen molar-refractivity contribution in [3.05, 3.63) is 41.6 Å². The Kier molecular flexibility index (Phi) is 4.51. The third kappa shape index (κ3) is 3.05. The summed E-state index contributed by atoms with van der Waals surface area (Å²) in [6.45, 7) is 6.20. The molecule has 3 aliphatic rings. The lowest BCUT2D eigenvalue weighted by Crippen LogP contribution is -2.63. The van der Waals surface area contributed by atoms with E-state index < -0.39 is 0 Å². The van der Waals surface area contributed by atoms with Crippen LogP contribution in [0.25, 0.3) is 11.4 Å². The Bertz CT molecular complexity index is 878. The molecule has 0 spiro atoms. The molecule has 1 N–H and O–H groups in total. The van der Waals surface area contributed by atoms with Crippen molar-refractivity contribution in [2.24, 2.45) is 0 Å². The van der Waals surface area contributed by atoms with Gasteiger partial charge in [0.05, 0.1) is 0 Å². The van der Waals surface area contributed by atoms with Crippen molar-refractivity contribution in [2.75, 3.05) is 31.1 Å². The summed E-state index contributed by atoms with van der Waals surface area (Å²) in [5.74, 6) is 1.52. The van der Waals surface area contributed by atoms with Gasteiger partial charge in [-0.2, -0.15) is 0 Å². The number of fused-ring (bicyclic) bond motifs is 1. The molecule has 0 bridgehead atoms. The molecule has 146 valence electrons. The quantitative estimate of drug-likeness (QED) is 0.891. The Balaban J connectivity index is 1.46. The summed E-state index contributed by atoms with van der Waals surface area (Å²) in [5.41, 5.74) is 2.50. The van der Waals surface area contributed by atoms with Crippen LogP contribution in [0.2, 0.25) is 0 Å². The molecule has 1 aromatic carbocycles. The Labute approximate surface area is 166 Å². The number of nitrogens with zero attached hydrogens (tertiary/aromatic N) is 4. The highest BCUT2D eigenvalue weighted by atomic mass is 16.1. The molecule has 6 heteroatoms. The summed E-state index contributed by atoms with van der Waals surface area (Å²) in [4.78, 5) is 27.0. The average molecular weight is 377 g/mol. The lowest BCUT2D eigenvalue weighted by atomic mass is 9.96. The van der Waals surface area contributed by atoms with Gasteiger partial charge in [-0.15, -0.1) is 0 Å². The van der Waals surface area contributed by atoms with E-state index in [2.05, 4.69) is 27.0 Å². The first-order chi connectivity index (χ1) is 13.7. The Morgan fingerprint density at radius 1 is 1.11 bits per heavy atom. The van der Waals surface area contributed by atoms with E-state index in [9.17, 15) is 4.79 Å². The molecule has 6 nitrogen and oxygen atoms in total. The van der Waals surface area contributed by atoms with Crippen LogP contribution >= 0.6 is 0 Å². The number of anilines is 1. The lowest BCUT2D eigenvalue weighted by Gasteiger charge is -2.50. The number of amides is 1. The highest BCUT2D eigenvalue weighted by molar-refractivity contribution is 5.96. The second-order valence-electron chi connectivity index (χ2n) is 8.21. The van der Waals surface area contributed by atoms with Crippen LogP contribution < -0.4 is 10.2 Å². The number of likely N-dealkylation sites (tertiary alicyclic amines) is 1. The fourth-order valence-electron chi connectivity index (χ4n) is 4.75. The van der Waals surface area contributed by atoms with Crippen LogP contribution in [0.5, 0.6) is 0 Å². The monoisotopic (exact) mass is 377 g/mol. The number of aromatic nitrogens is 2. The molecule has 1 aromatic heterocycles. The molecule has 4 heterocycles. The zero-order chi connectivity index (χ0) is 19.1. The third-order valence-corrected chi connectivity index (χ3v) is 6.38. The summed E-state index contributed by atoms with van der Waals surface area (Å²) < 4.78 is 0. The first kappa shape index (κ1) is 17.6. The maximum Gasteiger partial charge on any atom is 0.270 e. The molecule has 2 aromatic rings. The molecule has 0 aliphatic carbocycles. The highest BCUT2D eigenvalue weighted by Gasteiger charge is 2.38. The molecular formula is C22H27N5O. The van der Waals surface area contributed by atoms with E-state index in [1.165, 1.54) is 25.8 Å². The summed E-state index contributed by atoms with van der Waals surface area (Å²) in [6, 6.07) is 11.2. The number of hydrogen-bond donors (Lipinski definition) is 1. The predicted molar refractivity (Wildman–Crippen MR) is 110 cm³/mol. The molecule has 5 rings (SSSR count). The molecule has 1 atom stereocenters. The number of rotatable bonds is 3. The fourth-order valence-corrected chi connectivity index (χ4v) is 4.75. The number of carbonyl (C=O) groups is 1. The van der Waals surface area contributed by atoms with Gasteiger partial charge in [0, 0.05) is 42.8 Å². The number of carbonyl (C=O) groups excluding carboxylic acids is 1. The summed E-state index contributed by atoms with van der Waals surface area (Å²) in [7, 11) is 0. The van der Waals surface area contributed by atoms with Crippen LogP contribution in [-0.4, -0.2) is 59.0 Å². The Morgan fingerprint density at radius 3 is 2.71 bits per heavy atom. The first-order valence-corrected chi connectivity index (χ1v) is 10.5. The van der Waals surface area contributed by atoms with Crippen molar-refractivity contribution < 1.29 is 4.79 Å². The molecule has 1 amide bonds. The van der Waals surface area contributed by atoms with Crippen LogP contribution in [0.3, 0.4) is 0 Å². The SMILES string of the molecule is CC1CCCCN1C1CN(c2nc(-c3ccccc3)nc3c2CCNC3=O)C1. The van der Waals surface area contributed by atoms with Gasteiger partial charge in [0.25, 0.3) is 5.91 Å². The van der Waals surface area contributed by atoms with Crippen LogP contribution in [0.4, 0.5) is 5.82 Å². The molecular weight excluding hydrogens is 350 g/mol. The summed E-state index contributed by atoms with van der Waals surface area (Å²) >= 11 is 0. The van der Waals surface area contributed by atoms with Crippen molar-refractivity contribution in [3.8, 4) is 11.4 Å². The maximum atomic E-state index is 12.5. The number of nitrogens with one attached hydrogen (secondary N) is 1. The second-order valence-corrected chi connectivity index (χ2v) is 8.21. The van der Waals surface area contributed by atoms with E-state index in [1.807, 2.05) is 30.3 Å². The van der Waals surface area contributed by atoms with E-state index >= 15 is 0 Å². The van der Waals surface area contributed by atoms with Gasteiger partial charge in [0.15, 0.2) is 5.82 Å². The topological polar surface area (TPSA) is 61.4 Å². The molecule has 0 radical (unpaired) electrons. The second kappa shape index (κ2) is 7.17. The zero-order valence-corrected chi connectivity index (χ0v) is 16.4. The van der Waals surface area contributed by atoms with Crippen LogP contribution in [0.15, 0.2) is 30.3 Å². The van der Waals surface area contributed by atoms with Crippen molar-refractivity contribution in [3.63, 3.8) is 0 Å². The van der Waals surface area contributed by atoms with Crippen molar-refractivity contribution >= 4 is 11.7 Å². The predicted octanol–water partition coefficient (Wildman–Crippen LogP) is 2.49. The van der Waals surface area contributed by atoms with Crippen molar-refractivity contribution in [1.29, 1.82) is 0 Å². The van der Waals surface area contributed by atoms with Gasteiger partial charge in [-0.3, -0.25) is 9.69 Å². The minimum Gasteiger partial charge on any atom is -0.353 e. The average Bonchev–Trinajstić information content (AvgIpc) is 2.69. The Morgan fingerprint density at radius 2 is 1.93 bits per heavy atom. The van der Waals surface area contributed by atoms with Gasteiger partial charge in [0.2, 0.25) is 0 Å². The van der Waals surface area contributed by atoms with Gasteiger partial charge in [-0.05, 0) is 32.7 Å². The van der Waals surface area contributed by atoms with Crippen LogP contribution in [0, 0.1) is 0 Å². The van der Waals surface area contributed by atoms with E-state index in [0.717, 1.165) is 36.5 Å². The van der Waals surface area contributed by atoms with Gasteiger partial charge >= 0.3 is 0 Å². The zero-order valence-electron chi connectivity index (χ0n) is 16.4. The molecule has 28 heavy (non-hydrogen) atoms. The van der Waals surface area contributed by atoms with Crippen LogP contribution in [0.1, 0.15) is 42.2 Å². The lowest BCUT2D eigenvalue weighted by molar-refractivity contribution is 0.0870. The molecule has 1 unspecified atom stereocenters. The number of piperidine rings is 1. The largest absolute Gasteiger partial charge is 0.353 e. The minimum absolute atomic E-state index is 0.0798.